The van der Waals surface area contributed by atoms with Crippen molar-refractivity contribution in [1.29, 1.82) is 0 Å². The standard InChI is InChI=1S/C33H42N8O3/c1-31(2)20-43-30(42)41(31)27-9-7-8-26(36-27)40-25-18-32(3,4)44-21-33(25,5)24-19-34-29(37-28(24)40)35-22-10-12-23(13-11-22)39-16-14-38(6)15-17-39/h7-13,19,25H,14-18,20-21H2,1-6H3,(H,34,35,37)/t25-,33-/m1/s1. The Balaban J connectivity index is 1.23. The number of anilines is 6. The third-order valence-electron chi connectivity index (χ3n) is 9.63. The Morgan fingerprint density at radius 2 is 1.64 bits per heavy atom. The molecule has 0 saturated carbocycles. The molecule has 6 heterocycles. The van der Waals surface area contributed by atoms with Gasteiger partial charge in [-0.05, 0) is 77.6 Å². The van der Waals surface area contributed by atoms with E-state index in [0.29, 0.717) is 25.0 Å². The molecule has 3 fully saturated rings. The SMILES string of the molecule is CN1CCN(c2ccc(Nc3ncc4c(n3)N(c3cccc(N5C(=O)OCC5(C)C)n3)[C@@H]3CC(C)(C)OC[C@]43C)cc2)CC1. The van der Waals surface area contributed by atoms with Crippen LogP contribution < -0.4 is 20.0 Å². The van der Waals surface area contributed by atoms with Gasteiger partial charge >= 0.3 is 6.09 Å². The van der Waals surface area contributed by atoms with E-state index in [0.717, 1.165) is 55.5 Å². The molecule has 4 aliphatic heterocycles. The Kier molecular flexibility index (Phi) is 6.74. The number of carbonyl (C=O) groups is 1. The van der Waals surface area contributed by atoms with E-state index >= 15 is 0 Å². The number of hydrogen-bond acceptors (Lipinski definition) is 10. The maximum absolute atomic E-state index is 12.7. The van der Waals surface area contributed by atoms with Crippen LogP contribution in [0.1, 0.15) is 46.6 Å². The van der Waals surface area contributed by atoms with E-state index in [4.69, 9.17) is 24.4 Å². The highest BCUT2D eigenvalue weighted by Gasteiger charge is 2.55. The summed E-state index contributed by atoms with van der Waals surface area (Å²) >= 11 is 0. The molecule has 4 aliphatic rings. The molecule has 232 valence electrons. The summed E-state index contributed by atoms with van der Waals surface area (Å²) in [5, 5.41) is 3.43. The molecule has 11 heteroatoms. The first-order chi connectivity index (χ1) is 20.9. The molecule has 7 rings (SSSR count). The number of piperazine rings is 1. The van der Waals surface area contributed by atoms with E-state index < -0.39 is 5.54 Å². The summed E-state index contributed by atoms with van der Waals surface area (Å²) in [7, 11) is 2.17. The van der Waals surface area contributed by atoms with Crippen molar-refractivity contribution in [2.75, 3.05) is 66.5 Å². The van der Waals surface area contributed by atoms with Gasteiger partial charge in [-0.1, -0.05) is 13.0 Å². The molecule has 1 amide bonds. The lowest BCUT2D eigenvalue weighted by Gasteiger charge is -2.46. The molecule has 0 spiro atoms. The number of likely N-dealkylation sites (N-methyl/N-ethyl adjacent to an activating group) is 1. The Labute approximate surface area is 259 Å². The molecule has 1 N–H and O–H groups in total. The predicted octanol–water partition coefficient (Wildman–Crippen LogP) is 5.08. The zero-order valence-corrected chi connectivity index (χ0v) is 26.5. The van der Waals surface area contributed by atoms with Crippen LogP contribution in [0.4, 0.5) is 39.6 Å². The Morgan fingerprint density at radius 1 is 0.909 bits per heavy atom. The summed E-state index contributed by atoms with van der Waals surface area (Å²) in [5.41, 5.74) is 2.03. The van der Waals surface area contributed by atoms with Crippen molar-refractivity contribution in [3.63, 3.8) is 0 Å². The maximum Gasteiger partial charge on any atom is 0.416 e. The van der Waals surface area contributed by atoms with Crippen molar-refractivity contribution >= 4 is 40.9 Å². The minimum atomic E-state index is -0.500. The van der Waals surface area contributed by atoms with Crippen molar-refractivity contribution in [3.8, 4) is 0 Å². The Bertz CT molecular complexity index is 1570. The highest BCUT2D eigenvalue weighted by Crippen LogP contribution is 2.53. The van der Waals surface area contributed by atoms with Gasteiger partial charge in [-0.3, -0.25) is 4.90 Å². The van der Waals surface area contributed by atoms with Crippen LogP contribution in [0.25, 0.3) is 0 Å². The second-order valence-corrected chi connectivity index (χ2v) is 14.0. The first kappa shape index (κ1) is 28.8. The molecular formula is C33H42N8O3. The molecule has 11 nitrogen and oxygen atoms in total. The minimum Gasteiger partial charge on any atom is -0.447 e. The number of benzene rings is 1. The van der Waals surface area contributed by atoms with Crippen LogP contribution in [0.2, 0.25) is 0 Å². The monoisotopic (exact) mass is 598 g/mol. The number of nitrogens with zero attached hydrogens (tertiary/aromatic N) is 7. The third kappa shape index (κ3) is 4.92. The summed E-state index contributed by atoms with van der Waals surface area (Å²) in [5.74, 6) is 2.61. The van der Waals surface area contributed by atoms with Gasteiger partial charge in [-0.15, -0.1) is 0 Å². The van der Waals surface area contributed by atoms with Gasteiger partial charge in [0, 0.05) is 54.7 Å². The zero-order chi connectivity index (χ0) is 30.9. The van der Waals surface area contributed by atoms with Gasteiger partial charge in [-0.25, -0.2) is 14.8 Å². The molecule has 0 unspecified atom stereocenters. The molecule has 3 aromatic rings. The summed E-state index contributed by atoms with van der Waals surface area (Å²) in [4.78, 5) is 36.3. The summed E-state index contributed by atoms with van der Waals surface area (Å²) < 4.78 is 11.8. The van der Waals surface area contributed by atoms with Crippen LogP contribution in [0.5, 0.6) is 0 Å². The number of hydrogen-bond donors (Lipinski definition) is 1. The lowest BCUT2D eigenvalue weighted by molar-refractivity contribution is -0.0893. The van der Waals surface area contributed by atoms with Gasteiger partial charge in [0.2, 0.25) is 5.95 Å². The molecule has 2 aromatic heterocycles. The lowest BCUT2D eigenvalue weighted by atomic mass is 9.73. The van der Waals surface area contributed by atoms with Gasteiger partial charge < -0.3 is 29.5 Å². The van der Waals surface area contributed by atoms with Crippen LogP contribution in [0, 0.1) is 0 Å². The van der Waals surface area contributed by atoms with E-state index in [2.05, 4.69) is 72.1 Å². The highest BCUT2D eigenvalue weighted by molar-refractivity contribution is 5.90. The average Bonchev–Trinajstić information content (AvgIpc) is 3.41. The second-order valence-electron chi connectivity index (χ2n) is 14.0. The van der Waals surface area contributed by atoms with Gasteiger partial charge in [0.25, 0.3) is 0 Å². The maximum atomic E-state index is 12.7. The number of amides is 1. The molecule has 44 heavy (non-hydrogen) atoms. The quantitative estimate of drug-likeness (QED) is 0.428. The number of cyclic esters (lactones) is 1. The third-order valence-corrected chi connectivity index (χ3v) is 9.63. The molecular weight excluding hydrogens is 556 g/mol. The highest BCUT2D eigenvalue weighted by atomic mass is 16.6. The van der Waals surface area contributed by atoms with Gasteiger partial charge in [0.05, 0.1) is 23.8 Å². The van der Waals surface area contributed by atoms with Crippen LogP contribution in [0.15, 0.2) is 48.7 Å². The smallest absolute Gasteiger partial charge is 0.416 e. The fourth-order valence-electron chi connectivity index (χ4n) is 6.90. The number of aromatic nitrogens is 3. The van der Waals surface area contributed by atoms with Crippen molar-refractivity contribution in [2.45, 2.75) is 63.6 Å². The van der Waals surface area contributed by atoms with Crippen LogP contribution in [-0.4, -0.2) is 89.6 Å². The molecule has 0 bridgehead atoms. The first-order valence-corrected chi connectivity index (χ1v) is 15.5. The predicted molar refractivity (Wildman–Crippen MR) is 172 cm³/mol. The van der Waals surface area contributed by atoms with E-state index in [1.54, 1.807) is 4.90 Å². The number of carbonyl (C=O) groups excluding carboxylic acids is 1. The van der Waals surface area contributed by atoms with Gasteiger partial charge in [0.1, 0.15) is 24.1 Å². The number of nitrogens with one attached hydrogen (secondary N) is 1. The summed E-state index contributed by atoms with van der Waals surface area (Å²) in [6.45, 7) is 15.5. The molecule has 2 atom stereocenters. The molecule has 0 aliphatic carbocycles. The molecule has 3 saturated heterocycles. The van der Waals surface area contributed by atoms with E-state index in [9.17, 15) is 4.79 Å². The van der Waals surface area contributed by atoms with E-state index in [-0.39, 0.29) is 23.2 Å². The number of pyridine rings is 1. The van der Waals surface area contributed by atoms with Gasteiger partial charge in [-0.2, -0.15) is 4.98 Å². The topological polar surface area (TPSA) is 99.2 Å². The van der Waals surface area contributed by atoms with Crippen LogP contribution in [0.3, 0.4) is 0 Å². The fourth-order valence-corrected chi connectivity index (χ4v) is 6.90. The van der Waals surface area contributed by atoms with Crippen molar-refractivity contribution in [1.82, 2.24) is 19.9 Å². The summed E-state index contributed by atoms with van der Waals surface area (Å²) in [6, 6.07) is 14.3. The fraction of sp³-hybridized carbons (Fsp3) is 0.515. The molecule has 0 radical (unpaired) electrons. The number of ether oxygens (including phenoxy) is 2. The van der Waals surface area contributed by atoms with Crippen molar-refractivity contribution < 1.29 is 14.3 Å². The normalized spacial score (nSPS) is 25.9. The lowest BCUT2D eigenvalue weighted by Crippen LogP contribution is -2.54. The average molecular weight is 599 g/mol. The van der Waals surface area contributed by atoms with Crippen molar-refractivity contribution in [3.05, 3.63) is 54.2 Å². The Morgan fingerprint density at radius 3 is 2.34 bits per heavy atom. The number of fused-ring (bicyclic) bond motifs is 3. The van der Waals surface area contributed by atoms with Crippen LogP contribution in [-0.2, 0) is 14.9 Å². The van der Waals surface area contributed by atoms with E-state index in [1.807, 2.05) is 38.2 Å². The second kappa shape index (κ2) is 10.3. The molecule has 1 aromatic carbocycles. The summed E-state index contributed by atoms with van der Waals surface area (Å²) in [6.07, 6.45) is 2.33. The van der Waals surface area contributed by atoms with Crippen LogP contribution >= 0.6 is 0 Å². The zero-order valence-electron chi connectivity index (χ0n) is 26.5. The van der Waals surface area contributed by atoms with Gasteiger partial charge in [0.15, 0.2) is 0 Å². The first-order valence-electron chi connectivity index (χ1n) is 15.5. The Hall–Kier alpha value is -3.96. The van der Waals surface area contributed by atoms with E-state index in [1.165, 1.54) is 5.69 Å². The largest absolute Gasteiger partial charge is 0.447 e. The minimum absolute atomic E-state index is 0.0370. The number of rotatable bonds is 5. The van der Waals surface area contributed by atoms with Crippen molar-refractivity contribution in [2.24, 2.45) is 0 Å².